The second-order valence-corrected chi connectivity index (χ2v) is 6.84. The molecule has 1 heterocycles. The molecule has 2 amide bonds. The highest BCUT2D eigenvalue weighted by molar-refractivity contribution is 7.13. The SMILES string of the molecule is CCc1csc(NC(=O)NCC(C)(C)C(O)C(C)C)n1. The van der Waals surface area contributed by atoms with Crippen molar-refractivity contribution in [2.75, 3.05) is 11.9 Å². The number of anilines is 1. The monoisotopic (exact) mass is 299 g/mol. The molecule has 1 atom stereocenters. The first-order chi connectivity index (χ1) is 9.26. The predicted molar refractivity (Wildman–Crippen MR) is 83.1 cm³/mol. The lowest BCUT2D eigenvalue weighted by atomic mass is 9.81. The van der Waals surface area contributed by atoms with Gasteiger partial charge in [0.2, 0.25) is 0 Å². The van der Waals surface area contributed by atoms with E-state index in [2.05, 4.69) is 15.6 Å². The number of urea groups is 1. The van der Waals surface area contributed by atoms with E-state index in [9.17, 15) is 9.90 Å². The number of amides is 2. The number of hydrogen-bond donors (Lipinski definition) is 3. The molecule has 0 saturated carbocycles. The maximum atomic E-state index is 11.8. The number of aromatic nitrogens is 1. The molecule has 1 aromatic heterocycles. The lowest BCUT2D eigenvalue weighted by Gasteiger charge is -2.33. The average molecular weight is 299 g/mol. The Bertz CT molecular complexity index is 443. The number of carbonyl (C=O) groups excluding carboxylic acids is 1. The number of thiazole rings is 1. The Balaban J connectivity index is 2.47. The van der Waals surface area contributed by atoms with Crippen LogP contribution in [0.25, 0.3) is 0 Å². The van der Waals surface area contributed by atoms with E-state index in [-0.39, 0.29) is 17.4 Å². The van der Waals surface area contributed by atoms with Crippen LogP contribution in [-0.2, 0) is 6.42 Å². The summed E-state index contributed by atoms with van der Waals surface area (Å²) in [7, 11) is 0. The van der Waals surface area contributed by atoms with Crippen molar-refractivity contribution in [2.45, 2.75) is 47.1 Å². The number of nitrogens with one attached hydrogen (secondary N) is 2. The second kappa shape index (κ2) is 7.04. The number of aliphatic hydroxyl groups excluding tert-OH is 1. The summed E-state index contributed by atoms with van der Waals surface area (Å²) >= 11 is 1.41. The normalized spacial score (nSPS) is 13.3. The van der Waals surface area contributed by atoms with E-state index in [1.807, 2.05) is 40.0 Å². The molecule has 0 saturated heterocycles. The van der Waals surface area contributed by atoms with Crippen molar-refractivity contribution in [3.63, 3.8) is 0 Å². The molecular weight excluding hydrogens is 274 g/mol. The van der Waals surface area contributed by atoms with E-state index in [0.29, 0.717) is 11.7 Å². The average Bonchev–Trinajstić information content (AvgIpc) is 2.83. The molecule has 114 valence electrons. The van der Waals surface area contributed by atoms with Crippen molar-refractivity contribution in [3.8, 4) is 0 Å². The fraction of sp³-hybridized carbons (Fsp3) is 0.714. The second-order valence-electron chi connectivity index (χ2n) is 5.98. The Labute approximate surface area is 124 Å². The Morgan fingerprint density at radius 3 is 2.65 bits per heavy atom. The molecular formula is C14H25N3O2S. The van der Waals surface area contributed by atoms with Crippen LogP contribution in [0.2, 0.25) is 0 Å². The zero-order chi connectivity index (χ0) is 15.3. The quantitative estimate of drug-likeness (QED) is 0.756. The van der Waals surface area contributed by atoms with Gasteiger partial charge in [-0.1, -0.05) is 34.6 Å². The number of hydrogen-bond acceptors (Lipinski definition) is 4. The van der Waals surface area contributed by atoms with Crippen LogP contribution >= 0.6 is 11.3 Å². The van der Waals surface area contributed by atoms with Crippen molar-refractivity contribution in [1.29, 1.82) is 0 Å². The standard InChI is InChI=1S/C14H25N3O2S/c1-6-10-7-20-13(16-10)17-12(19)15-8-14(4,5)11(18)9(2)3/h7,9,11,18H,6,8H2,1-5H3,(H2,15,16,17,19). The molecule has 0 aliphatic heterocycles. The van der Waals surface area contributed by atoms with Crippen LogP contribution in [-0.4, -0.2) is 28.8 Å². The number of carbonyl (C=O) groups is 1. The predicted octanol–water partition coefficient (Wildman–Crippen LogP) is 2.87. The van der Waals surface area contributed by atoms with Gasteiger partial charge in [0.25, 0.3) is 0 Å². The summed E-state index contributed by atoms with van der Waals surface area (Å²) < 4.78 is 0. The van der Waals surface area contributed by atoms with Gasteiger partial charge in [-0.3, -0.25) is 5.32 Å². The van der Waals surface area contributed by atoms with Crippen molar-refractivity contribution >= 4 is 22.5 Å². The molecule has 0 radical (unpaired) electrons. The molecule has 5 nitrogen and oxygen atoms in total. The summed E-state index contributed by atoms with van der Waals surface area (Å²) in [5.74, 6) is 0.154. The molecule has 3 N–H and O–H groups in total. The minimum Gasteiger partial charge on any atom is -0.392 e. The van der Waals surface area contributed by atoms with E-state index in [4.69, 9.17) is 0 Å². The molecule has 1 aromatic rings. The van der Waals surface area contributed by atoms with Gasteiger partial charge >= 0.3 is 6.03 Å². The maximum absolute atomic E-state index is 11.8. The van der Waals surface area contributed by atoms with Crippen molar-refractivity contribution in [1.82, 2.24) is 10.3 Å². The number of aliphatic hydroxyl groups is 1. The highest BCUT2D eigenvalue weighted by atomic mass is 32.1. The molecule has 20 heavy (non-hydrogen) atoms. The van der Waals surface area contributed by atoms with Crippen molar-refractivity contribution in [3.05, 3.63) is 11.1 Å². The van der Waals surface area contributed by atoms with Gasteiger partial charge in [0.1, 0.15) is 0 Å². The Morgan fingerprint density at radius 1 is 1.50 bits per heavy atom. The zero-order valence-corrected chi connectivity index (χ0v) is 13.7. The third kappa shape index (κ3) is 4.76. The van der Waals surface area contributed by atoms with E-state index in [1.165, 1.54) is 11.3 Å². The summed E-state index contributed by atoms with van der Waals surface area (Å²) in [5, 5.41) is 18.1. The zero-order valence-electron chi connectivity index (χ0n) is 12.9. The third-order valence-electron chi connectivity index (χ3n) is 3.27. The number of rotatable bonds is 6. The Hall–Kier alpha value is -1.14. The smallest absolute Gasteiger partial charge is 0.321 e. The van der Waals surface area contributed by atoms with E-state index < -0.39 is 6.10 Å². The van der Waals surface area contributed by atoms with Gasteiger partial charge in [-0.25, -0.2) is 9.78 Å². The first kappa shape index (κ1) is 16.9. The first-order valence-electron chi connectivity index (χ1n) is 6.93. The molecule has 0 spiro atoms. The molecule has 0 fully saturated rings. The Kier molecular flexibility index (Phi) is 5.95. The van der Waals surface area contributed by atoms with E-state index in [0.717, 1.165) is 12.1 Å². The highest BCUT2D eigenvalue weighted by Crippen LogP contribution is 2.25. The summed E-state index contributed by atoms with van der Waals surface area (Å²) in [6.07, 6.45) is 0.391. The number of nitrogens with zero attached hydrogens (tertiary/aromatic N) is 1. The molecule has 1 rings (SSSR count). The lowest BCUT2D eigenvalue weighted by molar-refractivity contribution is 0.0154. The van der Waals surface area contributed by atoms with Crippen LogP contribution in [0, 0.1) is 11.3 Å². The summed E-state index contributed by atoms with van der Waals surface area (Å²) in [6, 6.07) is -0.286. The highest BCUT2D eigenvalue weighted by Gasteiger charge is 2.30. The fourth-order valence-electron chi connectivity index (χ4n) is 1.98. The fourth-order valence-corrected chi connectivity index (χ4v) is 2.77. The number of aryl methyl sites for hydroxylation is 1. The lowest BCUT2D eigenvalue weighted by Crippen LogP contribution is -2.44. The first-order valence-corrected chi connectivity index (χ1v) is 7.81. The van der Waals surface area contributed by atoms with E-state index >= 15 is 0 Å². The van der Waals surface area contributed by atoms with Crippen LogP contribution in [0.4, 0.5) is 9.93 Å². The van der Waals surface area contributed by atoms with Gasteiger partial charge in [-0.2, -0.15) is 0 Å². The van der Waals surface area contributed by atoms with Crippen LogP contribution in [0.15, 0.2) is 5.38 Å². The van der Waals surface area contributed by atoms with Crippen LogP contribution in [0.1, 0.15) is 40.3 Å². The van der Waals surface area contributed by atoms with Gasteiger partial charge in [-0.15, -0.1) is 11.3 Å². The van der Waals surface area contributed by atoms with Gasteiger partial charge in [0, 0.05) is 17.3 Å². The van der Waals surface area contributed by atoms with Crippen LogP contribution in [0.3, 0.4) is 0 Å². The Morgan fingerprint density at radius 2 is 2.15 bits per heavy atom. The third-order valence-corrected chi connectivity index (χ3v) is 4.08. The summed E-state index contributed by atoms with van der Waals surface area (Å²) in [6.45, 7) is 10.2. The molecule has 1 unspecified atom stereocenters. The molecule has 0 aliphatic rings. The summed E-state index contributed by atoms with van der Waals surface area (Å²) in [4.78, 5) is 16.1. The maximum Gasteiger partial charge on any atom is 0.321 e. The molecule has 0 bridgehead atoms. The van der Waals surface area contributed by atoms with Crippen LogP contribution in [0.5, 0.6) is 0 Å². The summed E-state index contributed by atoms with van der Waals surface area (Å²) in [5.41, 5.74) is 0.601. The molecule has 6 heteroatoms. The topological polar surface area (TPSA) is 74.2 Å². The van der Waals surface area contributed by atoms with Gasteiger partial charge in [0.15, 0.2) is 5.13 Å². The van der Waals surface area contributed by atoms with Gasteiger partial charge < -0.3 is 10.4 Å². The van der Waals surface area contributed by atoms with Crippen molar-refractivity contribution < 1.29 is 9.90 Å². The van der Waals surface area contributed by atoms with Crippen LogP contribution < -0.4 is 10.6 Å². The minimum absolute atomic E-state index is 0.154. The van der Waals surface area contributed by atoms with Gasteiger partial charge in [-0.05, 0) is 12.3 Å². The van der Waals surface area contributed by atoms with E-state index in [1.54, 1.807) is 0 Å². The minimum atomic E-state index is -0.464. The molecule has 0 aromatic carbocycles. The largest absolute Gasteiger partial charge is 0.392 e. The van der Waals surface area contributed by atoms with Gasteiger partial charge in [0.05, 0.1) is 11.8 Å². The molecule has 0 aliphatic carbocycles. The van der Waals surface area contributed by atoms with Crippen molar-refractivity contribution in [2.24, 2.45) is 11.3 Å².